The number of hydrogen-bond acceptors (Lipinski definition) is 2. The second-order valence-electron chi connectivity index (χ2n) is 5.03. The summed E-state index contributed by atoms with van der Waals surface area (Å²) in [5.41, 5.74) is 4.57. The smallest absolute Gasteiger partial charge is 0.255 e. The maximum absolute atomic E-state index is 12.4. The third-order valence-electron chi connectivity index (χ3n) is 3.15. The predicted molar refractivity (Wildman–Crippen MR) is 92.2 cm³/mol. The molecular weight excluding hydrogens is 328 g/mol. The molecule has 0 heterocycles. The molecule has 0 atom stereocenters. The normalized spacial score (nSPS) is 10.3. The summed E-state index contributed by atoms with van der Waals surface area (Å²) >= 11 is 3.44. The third kappa shape index (κ3) is 4.08. The van der Waals surface area contributed by atoms with E-state index in [-0.39, 0.29) is 5.91 Å². The zero-order valence-electron chi connectivity index (χ0n) is 12.5. The summed E-state index contributed by atoms with van der Waals surface area (Å²) in [6.45, 7) is 6.85. The lowest BCUT2D eigenvalue weighted by Crippen LogP contribution is -2.13. The van der Waals surface area contributed by atoms with E-state index in [4.69, 9.17) is 0 Å². The average molecular weight is 347 g/mol. The Hall–Kier alpha value is -1.81. The summed E-state index contributed by atoms with van der Waals surface area (Å²) in [4.78, 5) is 12.4. The van der Waals surface area contributed by atoms with Crippen LogP contribution in [0, 0.1) is 13.8 Å². The molecule has 0 bridgehead atoms. The maximum atomic E-state index is 12.4. The molecule has 0 aromatic heterocycles. The molecule has 1 amide bonds. The molecule has 2 aromatic carbocycles. The number of halogens is 1. The maximum Gasteiger partial charge on any atom is 0.255 e. The van der Waals surface area contributed by atoms with Crippen LogP contribution < -0.4 is 10.6 Å². The van der Waals surface area contributed by atoms with Crippen molar-refractivity contribution in [3.8, 4) is 0 Å². The van der Waals surface area contributed by atoms with E-state index in [1.807, 2.05) is 57.2 Å². The van der Waals surface area contributed by atoms with Crippen LogP contribution in [-0.4, -0.2) is 12.5 Å². The number of rotatable bonds is 4. The summed E-state index contributed by atoms with van der Waals surface area (Å²) in [5.74, 6) is -0.0898. The van der Waals surface area contributed by atoms with Gasteiger partial charge in [0, 0.05) is 28.0 Å². The third-order valence-corrected chi connectivity index (χ3v) is 3.61. The molecular formula is C17H19BrN2O. The monoisotopic (exact) mass is 346 g/mol. The molecule has 3 nitrogen and oxygen atoms in total. The molecule has 0 radical (unpaired) electrons. The lowest BCUT2D eigenvalue weighted by molar-refractivity contribution is 0.102. The van der Waals surface area contributed by atoms with E-state index >= 15 is 0 Å². The molecule has 0 fully saturated rings. The number of anilines is 2. The molecule has 0 aliphatic carbocycles. The summed E-state index contributed by atoms with van der Waals surface area (Å²) < 4.78 is 0.956. The first-order chi connectivity index (χ1) is 9.99. The van der Waals surface area contributed by atoms with Crippen molar-refractivity contribution in [3.63, 3.8) is 0 Å². The highest BCUT2D eigenvalue weighted by Crippen LogP contribution is 2.21. The van der Waals surface area contributed by atoms with Crippen LogP contribution in [-0.2, 0) is 0 Å². The molecule has 0 aliphatic heterocycles. The number of carbonyl (C=O) groups excluding carboxylic acids is 1. The molecule has 2 N–H and O–H groups in total. The number of carbonyl (C=O) groups is 1. The Kier molecular flexibility index (Phi) is 5.02. The molecule has 21 heavy (non-hydrogen) atoms. The lowest BCUT2D eigenvalue weighted by atomic mass is 10.1. The summed E-state index contributed by atoms with van der Waals surface area (Å²) in [6.07, 6.45) is 0. The second-order valence-corrected chi connectivity index (χ2v) is 5.95. The van der Waals surface area contributed by atoms with E-state index < -0.39 is 0 Å². The van der Waals surface area contributed by atoms with Gasteiger partial charge >= 0.3 is 0 Å². The van der Waals surface area contributed by atoms with Gasteiger partial charge < -0.3 is 10.6 Å². The van der Waals surface area contributed by atoms with Crippen molar-refractivity contribution in [1.82, 2.24) is 0 Å². The van der Waals surface area contributed by atoms with E-state index in [2.05, 4.69) is 26.6 Å². The van der Waals surface area contributed by atoms with Crippen LogP contribution in [0.2, 0.25) is 0 Å². The highest BCUT2D eigenvalue weighted by Gasteiger charge is 2.10. The van der Waals surface area contributed by atoms with Gasteiger partial charge in [0.1, 0.15) is 0 Å². The fraction of sp³-hybridized carbons (Fsp3) is 0.235. The summed E-state index contributed by atoms with van der Waals surface area (Å²) in [6, 6.07) is 11.6. The Morgan fingerprint density at radius 1 is 1.10 bits per heavy atom. The number of hydrogen-bond donors (Lipinski definition) is 2. The zero-order chi connectivity index (χ0) is 15.4. The van der Waals surface area contributed by atoms with Crippen molar-refractivity contribution in [3.05, 3.63) is 57.6 Å². The molecule has 4 heteroatoms. The Bertz CT molecular complexity index is 648. The Morgan fingerprint density at radius 3 is 2.48 bits per heavy atom. The molecule has 0 unspecified atom stereocenters. The van der Waals surface area contributed by atoms with Crippen molar-refractivity contribution < 1.29 is 4.79 Å². The van der Waals surface area contributed by atoms with E-state index in [0.717, 1.165) is 33.5 Å². The van der Waals surface area contributed by atoms with Crippen molar-refractivity contribution in [2.75, 3.05) is 17.2 Å². The van der Waals surface area contributed by atoms with Crippen LogP contribution in [0.1, 0.15) is 28.4 Å². The first-order valence-electron chi connectivity index (χ1n) is 6.92. The van der Waals surface area contributed by atoms with Crippen LogP contribution in [0.15, 0.2) is 40.9 Å². The lowest BCUT2D eigenvalue weighted by Gasteiger charge is -2.11. The van der Waals surface area contributed by atoms with E-state index in [1.165, 1.54) is 0 Å². The number of nitrogens with one attached hydrogen (secondary N) is 2. The van der Waals surface area contributed by atoms with E-state index in [9.17, 15) is 4.79 Å². The summed E-state index contributed by atoms with van der Waals surface area (Å²) in [7, 11) is 0. The molecule has 110 valence electrons. The number of amides is 1. The van der Waals surface area contributed by atoms with Gasteiger partial charge in [0.15, 0.2) is 0 Å². The Balaban J connectivity index is 2.20. The molecule has 0 aliphatic rings. The summed E-state index contributed by atoms with van der Waals surface area (Å²) in [5, 5.41) is 6.18. The fourth-order valence-electron chi connectivity index (χ4n) is 2.24. The van der Waals surface area contributed by atoms with Crippen molar-refractivity contribution in [1.29, 1.82) is 0 Å². The topological polar surface area (TPSA) is 41.1 Å². The molecule has 0 spiro atoms. The van der Waals surface area contributed by atoms with E-state index in [0.29, 0.717) is 5.56 Å². The van der Waals surface area contributed by atoms with Gasteiger partial charge in [0.2, 0.25) is 0 Å². The number of benzene rings is 2. The quantitative estimate of drug-likeness (QED) is 0.838. The van der Waals surface area contributed by atoms with Crippen LogP contribution in [0.3, 0.4) is 0 Å². The Labute approximate surface area is 133 Å². The highest BCUT2D eigenvalue weighted by molar-refractivity contribution is 9.10. The minimum Gasteiger partial charge on any atom is -0.385 e. The molecule has 2 rings (SSSR count). The zero-order valence-corrected chi connectivity index (χ0v) is 14.0. The molecule has 2 aromatic rings. The molecule has 0 saturated heterocycles. The SMILES string of the molecule is CCNc1ccc(C(=O)Nc2cc(C)cc(Br)c2)c(C)c1. The highest BCUT2D eigenvalue weighted by atomic mass is 79.9. The van der Waals surface area contributed by atoms with Gasteiger partial charge in [0.05, 0.1) is 0 Å². The Morgan fingerprint density at radius 2 is 1.86 bits per heavy atom. The minimum atomic E-state index is -0.0898. The second kappa shape index (κ2) is 6.76. The van der Waals surface area contributed by atoms with Crippen molar-refractivity contribution in [2.24, 2.45) is 0 Å². The van der Waals surface area contributed by atoms with Crippen molar-refractivity contribution >= 4 is 33.2 Å². The van der Waals surface area contributed by atoms with Gasteiger partial charge in [-0.1, -0.05) is 15.9 Å². The fourth-order valence-corrected chi connectivity index (χ4v) is 2.85. The van der Waals surface area contributed by atoms with E-state index in [1.54, 1.807) is 0 Å². The molecule has 0 saturated carbocycles. The first kappa shape index (κ1) is 15.6. The van der Waals surface area contributed by atoms with Crippen LogP contribution >= 0.6 is 15.9 Å². The van der Waals surface area contributed by atoms with Gasteiger partial charge in [-0.15, -0.1) is 0 Å². The van der Waals surface area contributed by atoms with Gasteiger partial charge in [-0.3, -0.25) is 4.79 Å². The average Bonchev–Trinajstić information content (AvgIpc) is 2.37. The van der Waals surface area contributed by atoms with Gasteiger partial charge in [-0.05, 0) is 68.3 Å². The largest absolute Gasteiger partial charge is 0.385 e. The van der Waals surface area contributed by atoms with Crippen LogP contribution in [0.5, 0.6) is 0 Å². The van der Waals surface area contributed by atoms with Crippen LogP contribution in [0.4, 0.5) is 11.4 Å². The standard InChI is InChI=1S/C17H19BrN2O/c1-4-19-14-5-6-16(12(3)9-14)17(21)20-15-8-11(2)7-13(18)10-15/h5-10,19H,4H2,1-3H3,(H,20,21). The minimum absolute atomic E-state index is 0.0898. The van der Waals surface area contributed by atoms with Gasteiger partial charge in [-0.25, -0.2) is 0 Å². The van der Waals surface area contributed by atoms with Gasteiger partial charge in [0.25, 0.3) is 5.91 Å². The van der Waals surface area contributed by atoms with Gasteiger partial charge in [-0.2, -0.15) is 0 Å². The van der Waals surface area contributed by atoms with Crippen LogP contribution in [0.25, 0.3) is 0 Å². The predicted octanol–water partition coefficient (Wildman–Crippen LogP) is 4.75. The number of aryl methyl sites for hydroxylation is 2. The van der Waals surface area contributed by atoms with Crippen molar-refractivity contribution in [2.45, 2.75) is 20.8 Å². The first-order valence-corrected chi connectivity index (χ1v) is 7.72.